The summed E-state index contributed by atoms with van der Waals surface area (Å²) in [4.78, 5) is 21.5. The molecular weight excluding hydrogens is 204 g/mol. The average Bonchev–Trinajstić information content (AvgIpc) is 2.05. The monoisotopic (exact) mass is 220 g/mol. The molecule has 82 valence electrons. The third-order valence-corrected chi connectivity index (χ3v) is 1.18. The molecule has 0 spiro atoms. The van der Waals surface area contributed by atoms with Gasteiger partial charge in [0, 0.05) is 6.42 Å². The second-order valence-electron chi connectivity index (χ2n) is 2.42. The minimum absolute atomic E-state index is 0.0362. The number of Topliss-reactive ketones (excluding diaryl/α,β-unsaturated/α-hetero) is 1. The minimum atomic E-state index is -0.411. The molecule has 0 aliphatic carbocycles. The van der Waals surface area contributed by atoms with E-state index in [1.165, 1.54) is 5.54 Å². The SMILES string of the molecule is C=CCl.CCCC(=O)CC(=O)OCC. The number of ether oxygens (including phenoxy) is 1. The number of ketones is 1. The lowest BCUT2D eigenvalue weighted by Crippen LogP contribution is -2.10. The van der Waals surface area contributed by atoms with Crippen molar-refractivity contribution in [1.29, 1.82) is 0 Å². The second kappa shape index (κ2) is 12.2. The Balaban J connectivity index is 0. The smallest absolute Gasteiger partial charge is 0.313 e. The molecule has 4 heteroatoms. The van der Waals surface area contributed by atoms with E-state index in [0.29, 0.717) is 13.0 Å². The van der Waals surface area contributed by atoms with Crippen LogP contribution in [0, 0.1) is 0 Å². The molecule has 0 heterocycles. The standard InChI is InChI=1S/C8H14O3.C2H3Cl/c1-3-5-7(9)6-8(10)11-4-2;1-2-3/h3-6H2,1-2H3;2H,1H2. The van der Waals surface area contributed by atoms with Crippen molar-refractivity contribution in [3.63, 3.8) is 0 Å². The fraction of sp³-hybridized carbons (Fsp3) is 0.600. The molecule has 0 aliphatic heterocycles. The summed E-state index contributed by atoms with van der Waals surface area (Å²) < 4.78 is 4.60. The molecule has 0 saturated carbocycles. The van der Waals surface area contributed by atoms with E-state index < -0.39 is 5.97 Å². The number of hydrogen-bond acceptors (Lipinski definition) is 3. The molecule has 14 heavy (non-hydrogen) atoms. The zero-order chi connectivity index (χ0) is 11.4. The van der Waals surface area contributed by atoms with Gasteiger partial charge in [0.2, 0.25) is 0 Å². The summed E-state index contributed by atoms with van der Waals surface area (Å²) in [5.74, 6) is -0.447. The van der Waals surface area contributed by atoms with Crippen LogP contribution >= 0.6 is 11.6 Å². The van der Waals surface area contributed by atoms with E-state index in [9.17, 15) is 9.59 Å². The van der Waals surface area contributed by atoms with Gasteiger partial charge in [0.15, 0.2) is 0 Å². The summed E-state index contributed by atoms with van der Waals surface area (Å²) in [6, 6.07) is 0. The van der Waals surface area contributed by atoms with Crippen molar-refractivity contribution >= 4 is 23.4 Å². The summed E-state index contributed by atoms with van der Waals surface area (Å²) in [6.07, 6.45) is 1.19. The molecule has 0 N–H and O–H groups in total. The van der Waals surface area contributed by atoms with Crippen LogP contribution in [-0.2, 0) is 14.3 Å². The van der Waals surface area contributed by atoms with E-state index in [-0.39, 0.29) is 12.2 Å². The molecule has 3 nitrogen and oxygen atoms in total. The maximum Gasteiger partial charge on any atom is 0.313 e. The van der Waals surface area contributed by atoms with Gasteiger partial charge in [0.05, 0.1) is 6.61 Å². The first-order valence-corrected chi connectivity index (χ1v) is 4.94. The van der Waals surface area contributed by atoms with Crippen LogP contribution in [0.5, 0.6) is 0 Å². The predicted octanol–water partition coefficient (Wildman–Crippen LogP) is 2.68. The molecule has 0 atom stereocenters. The fourth-order valence-electron chi connectivity index (χ4n) is 0.740. The van der Waals surface area contributed by atoms with E-state index in [1.807, 2.05) is 6.92 Å². The highest BCUT2D eigenvalue weighted by atomic mass is 35.5. The van der Waals surface area contributed by atoms with Crippen LogP contribution in [0.1, 0.15) is 33.1 Å². The first kappa shape index (κ1) is 15.6. The fourth-order valence-corrected chi connectivity index (χ4v) is 0.740. The van der Waals surface area contributed by atoms with Crippen LogP contribution in [0.25, 0.3) is 0 Å². The molecule has 0 bridgehead atoms. The zero-order valence-corrected chi connectivity index (χ0v) is 9.47. The maximum absolute atomic E-state index is 10.8. The molecule has 0 fully saturated rings. The number of esters is 1. The first-order chi connectivity index (χ1) is 6.62. The summed E-state index contributed by atoms with van der Waals surface area (Å²) in [5, 5.41) is 0. The number of carbonyl (C=O) groups excluding carboxylic acids is 2. The second-order valence-corrected chi connectivity index (χ2v) is 2.73. The summed E-state index contributed by atoms with van der Waals surface area (Å²) in [5.41, 5.74) is 1.22. The Bertz CT molecular complexity index is 162. The maximum atomic E-state index is 10.8. The summed E-state index contributed by atoms with van der Waals surface area (Å²) in [7, 11) is 0. The van der Waals surface area contributed by atoms with Gasteiger partial charge in [-0.25, -0.2) is 0 Å². The molecule has 0 aromatic rings. The third kappa shape index (κ3) is 13.7. The lowest BCUT2D eigenvalue weighted by Gasteiger charge is -1.98. The third-order valence-electron chi connectivity index (χ3n) is 1.18. The van der Waals surface area contributed by atoms with Crippen molar-refractivity contribution < 1.29 is 14.3 Å². The van der Waals surface area contributed by atoms with Gasteiger partial charge in [-0.15, -0.1) is 0 Å². The quantitative estimate of drug-likeness (QED) is 0.529. The van der Waals surface area contributed by atoms with Crippen molar-refractivity contribution in [3.05, 3.63) is 12.1 Å². The van der Waals surface area contributed by atoms with Gasteiger partial charge in [-0.05, 0) is 18.9 Å². The van der Waals surface area contributed by atoms with Crippen molar-refractivity contribution in [2.75, 3.05) is 6.61 Å². The van der Waals surface area contributed by atoms with E-state index in [0.717, 1.165) is 6.42 Å². The molecule has 0 unspecified atom stereocenters. The number of carbonyl (C=O) groups is 2. The predicted molar refractivity (Wildman–Crippen MR) is 57.2 cm³/mol. The van der Waals surface area contributed by atoms with Crippen molar-refractivity contribution in [1.82, 2.24) is 0 Å². The van der Waals surface area contributed by atoms with Crippen LogP contribution in [-0.4, -0.2) is 18.4 Å². The molecular formula is C10H17ClO3. The van der Waals surface area contributed by atoms with Gasteiger partial charge in [0.1, 0.15) is 12.2 Å². The highest BCUT2D eigenvalue weighted by molar-refractivity contribution is 6.25. The van der Waals surface area contributed by atoms with Gasteiger partial charge < -0.3 is 4.74 Å². The van der Waals surface area contributed by atoms with E-state index in [1.54, 1.807) is 6.92 Å². The number of rotatable bonds is 5. The van der Waals surface area contributed by atoms with Gasteiger partial charge in [-0.1, -0.05) is 25.1 Å². The Morgan fingerprint density at radius 2 is 1.93 bits per heavy atom. The summed E-state index contributed by atoms with van der Waals surface area (Å²) in [6.45, 7) is 7.10. The van der Waals surface area contributed by atoms with Gasteiger partial charge in [-0.2, -0.15) is 0 Å². The van der Waals surface area contributed by atoms with E-state index in [4.69, 9.17) is 11.6 Å². The van der Waals surface area contributed by atoms with Crippen molar-refractivity contribution in [3.8, 4) is 0 Å². The van der Waals surface area contributed by atoms with Gasteiger partial charge in [0.25, 0.3) is 0 Å². The largest absolute Gasteiger partial charge is 0.466 e. The molecule has 0 aliphatic rings. The molecule has 0 saturated heterocycles. The van der Waals surface area contributed by atoms with E-state index in [2.05, 4.69) is 11.3 Å². The van der Waals surface area contributed by atoms with Crippen LogP contribution in [0.3, 0.4) is 0 Å². The molecule has 0 aromatic carbocycles. The van der Waals surface area contributed by atoms with Crippen LogP contribution < -0.4 is 0 Å². The average molecular weight is 221 g/mol. The van der Waals surface area contributed by atoms with Gasteiger partial charge in [-0.3, -0.25) is 9.59 Å². The first-order valence-electron chi connectivity index (χ1n) is 4.50. The topological polar surface area (TPSA) is 43.4 Å². The lowest BCUT2D eigenvalue weighted by molar-refractivity contribution is -0.145. The Morgan fingerprint density at radius 1 is 1.43 bits per heavy atom. The summed E-state index contributed by atoms with van der Waals surface area (Å²) >= 11 is 4.76. The van der Waals surface area contributed by atoms with Crippen molar-refractivity contribution in [2.45, 2.75) is 33.1 Å². The number of hydrogen-bond donors (Lipinski definition) is 0. The van der Waals surface area contributed by atoms with Crippen LogP contribution in [0.15, 0.2) is 12.1 Å². The minimum Gasteiger partial charge on any atom is -0.466 e. The Morgan fingerprint density at radius 3 is 2.29 bits per heavy atom. The van der Waals surface area contributed by atoms with Gasteiger partial charge >= 0.3 is 5.97 Å². The molecule has 0 rings (SSSR count). The van der Waals surface area contributed by atoms with Crippen LogP contribution in [0.2, 0.25) is 0 Å². The Kier molecular flexibility index (Phi) is 13.6. The highest BCUT2D eigenvalue weighted by Crippen LogP contribution is 1.95. The molecule has 0 aromatic heterocycles. The normalized spacial score (nSPS) is 8.21. The van der Waals surface area contributed by atoms with E-state index >= 15 is 0 Å². The van der Waals surface area contributed by atoms with Crippen LogP contribution in [0.4, 0.5) is 0 Å². The number of halogens is 1. The Labute approximate surface area is 90.1 Å². The Hall–Kier alpha value is -0.830. The zero-order valence-electron chi connectivity index (χ0n) is 8.72. The molecule has 0 amide bonds. The highest BCUT2D eigenvalue weighted by Gasteiger charge is 2.07. The van der Waals surface area contributed by atoms with Crippen molar-refractivity contribution in [2.24, 2.45) is 0 Å². The lowest BCUT2D eigenvalue weighted by atomic mass is 10.2. The molecule has 0 radical (unpaired) electrons.